The van der Waals surface area contributed by atoms with Crippen LogP contribution in [0.2, 0.25) is 0 Å². The molecule has 20 heavy (non-hydrogen) atoms. The van der Waals surface area contributed by atoms with Gasteiger partial charge in [-0.2, -0.15) is 0 Å². The number of nitrogens with zero attached hydrogens (tertiary/aromatic N) is 2. The zero-order chi connectivity index (χ0) is 14.7. The van der Waals surface area contributed by atoms with Gasteiger partial charge in [-0.1, -0.05) is 30.3 Å². The van der Waals surface area contributed by atoms with Crippen molar-refractivity contribution >= 4 is 23.0 Å². The number of alkyl halides is 1. The molecule has 7 heteroatoms. The van der Waals surface area contributed by atoms with E-state index in [-0.39, 0.29) is 16.9 Å². The largest absolute Gasteiger partial charge is 0.281 e. The van der Waals surface area contributed by atoms with Crippen molar-refractivity contribution in [1.29, 1.82) is 0 Å². The summed E-state index contributed by atoms with van der Waals surface area (Å²) in [7, 11) is 0. The molecule has 2 rings (SSSR count). The molecule has 2 aromatic rings. The summed E-state index contributed by atoms with van der Waals surface area (Å²) in [5.41, 5.74) is 0.222. The highest BCUT2D eigenvalue weighted by molar-refractivity contribution is 6.23. The fourth-order valence-corrected chi connectivity index (χ4v) is 2.15. The first-order valence-electron chi connectivity index (χ1n) is 5.62. The SMILES string of the molecule is O=[N+]([O-])c1ccc(C(Cl)c2ccccc2)c([N+](=O)[O-])c1. The van der Waals surface area contributed by atoms with Crippen molar-refractivity contribution in [3.63, 3.8) is 0 Å². The molecule has 0 saturated carbocycles. The van der Waals surface area contributed by atoms with E-state index >= 15 is 0 Å². The standard InChI is InChI=1S/C13H9ClN2O4/c14-13(9-4-2-1-3-5-9)11-7-6-10(15(17)18)8-12(11)16(19)20/h1-8,13H. The van der Waals surface area contributed by atoms with E-state index in [0.29, 0.717) is 5.56 Å². The number of halogens is 1. The fourth-order valence-electron chi connectivity index (χ4n) is 1.82. The van der Waals surface area contributed by atoms with Gasteiger partial charge in [0.05, 0.1) is 26.9 Å². The van der Waals surface area contributed by atoms with Crippen molar-refractivity contribution in [2.24, 2.45) is 0 Å². The van der Waals surface area contributed by atoms with Gasteiger partial charge in [0.1, 0.15) is 0 Å². The van der Waals surface area contributed by atoms with E-state index in [2.05, 4.69) is 0 Å². The molecule has 1 unspecified atom stereocenters. The Labute approximate surface area is 118 Å². The molecule has 0 spiro atoms. The molecule has 0 bridgehead atoms. The fraction of sp³-hybridized carbons (Fsp3) is 0.0769. The molecule has 0 fully saturated rings. The first-order chi connectivity index (χ1) is 9.50. The highest BCUT2D eigenvalue weighted by Crippen LogP contribution is 2.36. The summed E-state index contributed by atoms with van der Waals surface area (Å²) in [5, 5.41) is 21.0. The van der Waals surface area contributed by atoms with Gasteiger partial charge in [0.25, 0.3) is 11.4 Å². The Bertz CT molecular complexity index is 661. The minimum atomic E-state index is -0.739. The van der Waals surface area contributed by atoms with Gasteiger partial charge in [0.2, 0.25) is 0 Å². The molecule has 0 saturated heterocycles. The van der Waals surface area contributed by atoms with Crippen LogP contribution in [0.1, 0.15) is 16.5 Å². The van der Waals surface area contributed by atoms with Crippen LogP contribution in [0, 0.1) is 20.2 Å². The molecule has 0 aliphatic heterocycles. The third-order valence-corrected chi connectivity index (χ3v) is 3.27. The molecule has 0 aliphatic carbocycles. The van der Waals surface area contributed by atoms with Crippen LogP contribution < -0.4 is 0 Å². The summed E-state index contributed by atoms with van der Waals surface area (Å²) >= 11 is 6.24. The minimum absolute atomic E-state index is 0.230. The van der Waals surface area contributed by atoms with Crippen LogP contribution in [-0.4, -0.2) is 9.85 Å². The second kappa shape index (κ2) is 5.66. The van der Waals surface area contributed by atoms with Crippen LogP contribution in [0.4, 0.5) is 11.4 Å². The van der Waals surface area contributed by atoms with E-state index in [1.807, 2.05) is 0 Å². The first kappa shape index (κ1) is 14.0. The third-order valence-electron chi connectivity index (χ3n) is 2.79. The summed E-state index contributed by atoms with van der Waals surface area (Å²) in [4.78, 5) is 20.4. The van der Waals surface area contributed by atoms with Crippen molar-refractivity contribution in [2.45, 2.75) is 5.38 Å². The normalized spacial score (nSPS) is 11.8. The summed E-state index contributed by atoms with van der Waals surface area (Å²) < 4.78 is 0. The summed E-state index contributed by atoms with van der Waals surface area (Å²) in [6.45, 7) is 0. The molecule has 102 valence electrons. The van der Waals surface area contributed by atoms with Crippen LogP contribution in [0.25, 0.3) is 0 Å². The number of nitro groups is 2. The molecular formula is C13H9ClN2O4. The molecule has 6 nitrogen and oxygen atoms in total. The van der Waals surface area contributed by atoms with Gasteiger partial charge < -0.3 is 0 Å². The lowest BCUT2D eigenvalue weighted by atomic mass is 10.0. The average molecular weight is 293 g/mol. The van der Waals surface area contributed by atoms with Gasteiger partial charge >= 0.3 is 0 Å². The molecule has 0 N–H and O–H groups in total. The van der Waals surface area contributed by atoms with Crippen LogP contribution in [0.15, 0.2) is 48.5 Å². The zero-order valence-corrected chi connectivity index (χ0v) is 10.9. The van der Waals surface area contributed by atoms with Crippen LogP contribution in [0.5, 0.6) is 0 Å². The van der Waals surface area contributed by atoms with E-state index in [4.69, 9.17) is 11.6 Å². The highest BCUT2D eigenvalue weighted by Gasteiger charge is 2.24. The van der Waals surface area contributed by atoms with E-state index in [0.717, 1.165) is 6.07 Å². The third kappa shape index (κ3) is 2.75. The second-order valence-corrected chi connectivity index (χ2v) is 4.47. The molecule has 1 atom stereocenters. The summed E-state index contributed by atoms with van der Waals surface area (Å²) in [6.07, 6.45) is 0. The topological polar surface area (TPSA) is 86.3 Å². The Morgan fingerprint density at radius 3 is 2.15 bits per heavy atom. The quantitative estimate of drug-likeness (QED) is 0.487. The van der Waals surface area contributed by atoms with Crippen LogP contribution in [-0.2, 0) is 0 Å². The maximum atomic E-state index is 11.1. The van der Waals surface area contributed by atoms with Crippen molar-refractivity contribution in [1.82, 2.24) is 0 Å². The average Bonchev–Trinajstić information content (AvgIpc) is 2.46. The summed E-state index contributed by atoms with van der Waals surface area (Å²) in [6, 6.07) is 12.3. The van der Waals surface area contributed by atoms with Gasteiger partial charge in [-0.25, -0.2) is 0 Å². The Morgan fingerprint density at radius 1 is 0.950 bits per heavy atom. The van der Waals surface area contributed by atoms with E-state index in [9.17, 15) is 20.2 Å². The number of hydrogen-bond donors (Lipinski definition) is 0. The van der Waals surface area contributed by atoms with Crippen molar-refractivity contribution < 1.29 is 9.85 Å². The molecular weight excluding hydrogens is 284 g/mol. The Kier molecular flexibility index (Phi) is 3.95. The lowest BCUT2D eigenvalue weighted by molar-refractivity contribution is -0.394. The molecule has 0 amide bonds. The molecule has 0 aromatic heterocycles. The van der Waals surface area contributed by atoms with Crippen LogP contribution >= 0.6 is 11.6 Å². The van der Waals surface area contributed by atoms with Gasteiger partial charge in [0.15, 0.2) is 0 Å². The Balaban J connectivity index is 2.51. The number of non-ortho nitro benzene ring substituents is 1. The Morgan fingerprint density at radius 2 is 1.60 bits per heavy atom. The van der Waals surface area contributed by atoms with Crippen molar-refractivity contribution in [2.75, 3.05) is 0 Å². The minimum Gasteiger partial charge on any atom is -0.258 e. The molecule has 0 radical (unpaired) electrons. The van der Waals surface area contributed by atoms with Gasteiger partial charge in [-0.05, 0) is 11.6 Å². The first-order valence-corrected chi connectivity index (χ1v) is 6.06. The number of rotatable bonds is 4. The lowest BCUT2D eigenvalue weighted by Gasteiger charge is -2.10. The second-order valence-electron chi connectivity index (χ2n) is 4.03. The van der Waals surface area contributed by atoms with Gasteiger partial charge in [-0.3, -0.25) is 20.2 Å². The van der Waals surface area contributed by atoms with Gasteiger partial charge in [0, 0.05) is 6.07 Å². The maximum Gasteiger partial charge on any atom is 0.281 e. The number of nitro benzene ring substituents is 2. The molecule has 2 aromatic carbocycles. The number of benzene rings is 2. The van der Waals surface area contributed by atoms with Crippen LogP contribution in [0.3, 0.4) is 0 Å². The highest BCUT2D eigenvalue weighted by atomic mass is 35.5. The van der Waals surface area contributed by atoms with E-state index < -0.39 is 15.2 Å². The lowest BCUT2D eigenvalue weighted by Crippen LogP contribution is -2.01. The molecule has 0 aliphatic rings. The summed E-state index contributed by atoms with van der Waals surface area (Å²) in [5.74, 6) is 0. The van der Waals surface area contributed by atoms with Gasteiger partial charge in [-0.15, -0.1) is 11.6 Å². The zero-order valence-electron chi connectivity index (χ0n) is 10.1. The van der Waals surface area contributed by atoms with E-state index in [1.165, 1.54) is 12.1 Å². The predicted octanol–water partition coefficient (Wildman–Crippen LogP) is 3.83. The molecule has 0 heterocycles. The maximum absolute atomic E-state index is 11.1. The monoisotopic (exact) mass is 292 g/mol. The van der Waals surface area contributed by atoms with Crippen molar-refractivity contribution in [3.8, 4) is 0 Å². The predicted molar refractivity (Wildman–Crippen MR) is 73.9 cm³/mol. The van der Waals surface area contributed by atoms with E-state index in [1.54, 1.807) is 30.3 Å². The number of hydrogen-bond acceptors (Lipinski definition) is 4. The smallest absolute Gasteiger partial charge is 0.258 e. The van der Waals surface area contributed by atoms with Crippen molar-refractivity contribution in [3.05, 3.63) is 79.9 Å². The Hall–Kier alpha value is -2.47.